The van der Waals surface area contributed by atoms with Gasteiger partial charge in [-0.1, -0.05) is 33.3 Å². The van der Waals surface area contributed by atoms with E-state index in [0.717, 1.165) is 12.3 Å². The van der Waals surface area contributed by atoms with Crippen LogP contribution in [0.25, 0.3) is 0 Å². The molecule has 0 heterocycles. The molecule has 0 saturated carbocycles. The van der Waals surface area contributed by atoms with E-state index in [1.54, 1.807) is 0 Å². The molecule has 0 rings (SSSR count). The third kappa shape index (κ3) is 8.14. The van der Waals surface area contributed by atoms with Crippen LogP contribution in [0.4, 0.5) is 0 Å². The van der Waals surface area contributed by atoms with Gasteiger partial charge in [0, 0.05) is 23.7 Å². The van der Waals surface area contributed by atoms with E-state index >= 15 is 0 Å². The van der Waals surface area contributed by atoms with Gasteiger partial charge in [0.25, 0.3) is 0 Å². The summed E-state index contributed by atoms with van der Waals surface area (Å²) in [6, 6.07) is 0. The van der Waals surface area contributed by atoms with Gasteiger partial charge in [-0.2, -0.15) is 0 Å². The lowest BCUT2D eigenvalue weighted by molar-refractivity contribution is 0.267. The molecule has 0 saturated heterocycles. The van der Waals surface area contributed by atoms with E-state index in [9.17, 15) is 0 Å². The van der Waals surface area contributed by atoms with Crippen LogP contribution in [0, 0.1) is 17.8 Å². The van der Waals surface area contributed by atoms with E-state index < -0.39 is 0 Å². The van der Waals surface area contributed by atoms with Crippen molar-refractivity contribution in [3.8, 4) is 12.3 Å². The van der Waals surface area contributed by atoms with Crippen LogP contribution in [0.15, 0.2) is 33.9 Å². The van der Waals surface area contributed by atoms with Crippen LogP contribution >= 0.6 is 0 Å². The molecule has 0 amide bonds. The molecule has 0 aromatic rings. The summed E-state index contributed by atoms with van der Waals surface area (Å²) in [6.45, 7) is 21.0. The number of nitrogens with one attached hydrogen (secondary N) is 1. The summed E-state index contributed by atoms with van der Waals surface area (Å²) in [7, 11) is 0. The third-order valence-electron chi connectivity index (χ3n) is 2.69. The van der Waals surface area contributed by atoms with E-state index in [4.69, 9.17) is 6.42 Å². The van der Waals surface area contributed by atoms with Gasteiger partial charge in [0.2, 0.25) is 0 Å². The lowest BCUT2D eigenvalue weighted by atomic mass is 9.82. The SMILES string of the molecule is C#CC(=C)/C(=C/C(=N\CC)NC(C)(C)CC(C)(C)C)N=C. The molecule has 0 aliphatic heterocycles. The van der Waals surface area contributed by atoms with Crippen LogP contribution in [-0.4, -0.2) is 24.6 Å². The fraction of sp³-hybridized carbons (Fsp3) is 0.556. The Kier molecular flexibility index (Phi) is 7.15. The van der Waals surface area contributed by atoms with Crippen molar-refractivity contribution in [2.24, 2.45) is 15.4 Å². The minimum atomic E-state index is -0.0908. The van der Waals surface area contributed by atoms with Crippen molar-refractivity contribution in [2.75, 3.05) is 6.54 Å². The highest BCUT2D eigenvalue weighted by molar-refractivity contribution is 5.95. The van der Waals surface area contributed by atoms with Crippen molar-refractivity contribution in [3.63, 3.8) is 0 Å². The summed E-state index contributed by atoms with van der Waals surface area (Å²) in [5.41, 5.74) is 1.21. The van der Waals surface area contributed by atoms with E-state index in [1.165, 1.54) is 0 Å². The molecule has 0 aliphatic carbocycles. The van der Waals surface area contributed by atoms with E-state index in [2.05, 4.69) is 69.1 Å². The number of aliphatic imine (C=N–C) groups is 2. The maximum Gasteiger partial charge on any atom is 0.123 e. The maximum absolute atomic E-state index is 5.37. The first-order valence-electron chi connectivity index (χ1n) is 7.21. The number of amidine groups is 1. The Morgan fingerprint density at radius 3 is 2.24 bits per heavy atom. The predicted molar refractivity (Wildman–Crippen MR) is 94.9 cm³/mol. The average molecular weight is 287 g/mol. The molecule has 0 atom stereocenters. The molecule has 21 heavy (non-hydrogen) atoms. The zero-order valence-electron chi connectivity index (χ0n) is 14.4. The molecule has 0 aromatic carbocycles. The Hall–Kier alpha value is -1.82. The second-order valence-corrected chi connectivity index (χ2v) is 6.92. The van der Waals surface area contributed by atoms with Gasteiger partial charge >= 0.3 is 0 Å². The van der Waals surface area contributed by atoms with Crippen LogP contribution in [0.5, 0.6) is 0 Å². The molecule has 1 N–H and O–H groups in total. The first-order chi connectivity index (χ1) is 9.54. The van der Waals surface area contributed by atoms with E-state index in [-0.39, 0.29) is 11.0 Å². The number of rotatable bonds is 6. The molecule has 116 valence electrons. The number of hydrogen-bond donors (Lipinski definition) is 1. The number of terminal acetylenes is 1. The molecular formula is C18H29N3. The Morgan fingerprint density at radius 2 is 1.86 bits per heavy atom. The van der Waals surface area contributed by atoms with Gasteiger partial charge in [-0.3, -0.25) is 9.98 Å². The molecule has 0 spiro atoms. The van der Waals surface area contributed by atoms with Crippen LogP contribution in [0.3, 0.4) is 0 Å². The van der Waals surface area contributed by atoms with Crippen LogP contribution < -0.4 is 5.32 Å². The van der Waals surface area contributed by atoms with Crippen molar-refractivity contribution in [1.82, 2.24) is 5.32 Å². The minimum absolute atomic E-state index is 0.0908. The molecule has 0 radical (unpaired) electrons. The number of allylic oxidation sites excluding steroid dienone is 1. The zero-order valence-corrected chi connectivity index (χ0v) is 14.4. The lowest BCUT2D eigenvalue weighted by Gasteiger charge is -2.34. The first kappa shape index (κ1) is 19.2. The number of hydrogen-bond acceptors (Lipinski definition) is 2. The van der Waals surface area contributed by atoms with Crippen molar-refractivity contribution in [1.29, 1.82) is 0 Å². The quantitative estimate of drug-likeness (QED) is 0.341. The fourth-order valence-corrected chi connectivity index (χ4v) is 2.44. The highest BCUT2D eigenvalue weighted by Gasteiger charge is 2.25. The van der Waals surface area contributed by atoms with Crippen LogP contribution in [0.2, 0.25) is 0 Å². The summed E-state index contributed by atoms with van der Waals surface area (Å²) in [4.78, 5) is 8.41. The van der Waals surface area contributed by atoms with Crippen molar-refractivity contribution in [2.45, 2.75) is 53.5 Å². The zero-order chi connectivity index (χ0) is 16.7. The first-order valence-corrected chi connectivity index (χ1v) is 7.21. The molecular weight excluding hydrogens is 258 g/mol. The van der Waals surface area contributed by atoms with Gasteiger partial charge in [-0.05, 0) is 39.3 Å². The standard InChI is InChI=1S/C18H29N3/c1-10-14(3)15(19-9)12-16(20-11-2)21-18(7,8)13-17(4,5)6/h1,12H,3,9,11,13H2,2,4-8H3,(H,20,21)/b15-12-. The molecule has 3 nitrogen and oxygen atoms in total. The monoisotopic (exact) mass is 287 g/mol. The Morgan fingerprint density at radius 1 is 1.29 bits per heavy atom. The van der Waals surface area contributed by atoms with E-state index in [1.807, 2.05) is 13.0 Å². The smallest absolute Gasteiger partial charge is 0.123 e. The second kappa shape index (κ2) is 7.83. The lowest BCUT2D eigenvalue weighted by Crippen LogP contribution is -2.45. The summed E-state index contributed by atoms with van der Waals surface area (Å²) in [6.07, 6.45) is 8.18. The summed E-state index contributed by atoms with van der Waals surface area (Å²) < 4.78 is 0. The predicted octanol–water partition coefficient (Wildman–Crippen LogP) is 3.98. The summed E-state index contributed by atoms with van der Waals surface area (Å²) >= 11 is 0. The Labute approximate surface area is 130 Å². The van der Waals surface area contributed by atoms with E-state index in [0.29, 0.717) is 17.8 Å². The Balaban J connectivity index is 5.32. The fourth-order valence-electron chi connectivity index (χ4n) is 2.44. The average Bonchev–Trinajstić information content (AvgIpc) is 2.31. The highest BCUT2D eigenvalue weighted by atomic mass is 15.0. The topological polar surface area (TPSA) is 36.8 Å². The molecule has 0 aromatic heterocycles. The maximum atomic E-state index is 5.37. The summed E-state index contributed by atoms with van der Waals surface area (Å²) in [5.74, 6) is 3.24. The van der Waals surface area contributed by atoms with Gasteiger partial charge < -0.3 is 5.32 Å². The van der Waals surface area contributed by atoms with Crippen molar-refractivity contribution >= 4 is 12.6 Å². The highest BCUT2D eigenvalue weighted by Crippen LogP contribution is 2.27. The van der Waals surface area contributed by atoms with Gasteiger partial charge in [0.1, 0.15) is 5.84 Å². The molecule has 0 fully saturated rings. The second-order valence-electron chi connectivity index (χ2n) is 6.92. The number of nitrogens with zero attached hydrogens (tertiary/aromatic N) is 2. The molecule has 0 unspecified atom stereocenters. The van der Waals surface area contributed by atoms with Crippen LogP contribution in [-0.2, 0) is 0 Å². The van der Waals surface area contributed by atoms with Gasteiger partial charge in [-0.25, -0.2) is 0 Å². The van der Waals surface area contributed by atoms with Gasteiger partial charge in [0.15, 0.2) is 0 Å². The summed E-state index contributed by atoms with van der Waals surface area (Å²) in [5, 5.41) is 3.47. The molecule has 0 bridgehead atoms. The third-order valence-corrected chi connectivity index (χ3v) is 2.69. The Bertz CT molecular complexity index is 480. The normalized spacial score (nSPS) is 13.6. The molecule has 0 aliphatic rings. The largest absolute Gasteiger partial charge is 0.365 e. The van der Waals surface area contributed by atoms with Crippen molar-refractivity contribution < 1.29 is 0 Å². The molecule has 3 heteroatoms. The minimum Gasteiger partial charge on any atom is -0.365 e. The van der Waals surface area contributed by atoms with Crippen molar-refractivity contribution in [3.05, 3.63) is 23.9 Å². The van der Waals surface area contributed by atoms with Gasteiger partial charge in [0.05, 0.1) is 5.70 Å². The van der Waals surface area contributed by atoms with Gasteiger partial charge in [-0.15, -0.1) is 6.42 Å². The van der Waals surface area contributed by atoms with Crippen LogP contribution in [0.1, 0.15) is 48.0 Å².